The molecule has 5 nitrogen and oxygen atoms in total. The topological polar surface area (TPSA) is 79.0 Å². The molecule has 1 aromatic carbocycles. The highest BCUT2D eigenvalue weighted by molar-refractivity contribution is 7.15. The number of anilines is 1. The van der Waals surface area contributed by atoms with E-state index in [1.165, 1.54) is 6.07 Å². The first kappa shape index (κ1) is 12.1. The predicted molar refractivity (Wildman–Crippen MR) is 69.5 cm³/mol. The molecule has 1 aromatic heterocycles. The molecule has 2 rings (SSSR count). The Bertz CT molecular complexity index is 599. The Kier molecular flexibility index (Phi) is 3.55. The van der Waals surface area contributed by atoms with Crippen LogP contribution in [-0.4, -0.2) is 4.92 Å². The molecule has 0 amide bonds. The van der Waals surface area contributed by atoms with Crippen LogP contribution < -0.4 is 5.32 Å². The lowest BCUT2D eigenvalue weighted by molar-refractivity contribution is -0.380. The van der Waals surface area contributed by atoms with Crippen LogP contribution in [0.15, 0.2) is 36.4 Å². The number of benzene rings is 1. The number of thiophene rings is 1. The smallest absolute Gasteiger partial charge is 0.324 e. The lowest BCUT2D eigenvalue weighted by Gasteiger charge is -2.03. The Morgan fingerprint density at radius 2 is 2.00 bits per heavy atom. The molecule has 1 N–H and O–H groups in total. The van der Waals surface area contributed by atoms with Crippen molar-refractivity contribution < 1.29 is 4.92 Å². The molecule has 0 spiro atoms. The minimum Gasteiger partial charge on any atom is -0.380 e. The third-order valence-electron chi connectivity index (χ3n) is 2.31. The molecule has 0 aliphatic rings. The number of nitriles is 1. The average molecular weight is 259 g/mol. The lowest BCUT2D eigenvalue weighted by atomic mass is 10.2. The van der Waals surface area contributed by atoms with Crippen LogP contribution in [0.5, 0.6) is 0 Å². The maximum Gasteiger partial charge on any atom is 0.324 e. The summed E-state index contributed by atoms with van der Waals surface area (Å²) in [5.41, 5.74) is 1.48. The first-order valence-electron chi connectivity index (χ1n) is 5.16. The normalized spacial score (nSPS) is 9.72. The van der Waals surface area contributed by atoms with Gasteiger partial charge in [0.15, 0.2) is 0 Å². The second-order valence-corrected chi connectivity index (χ2v) is 4.69. The SMILES string of the molecule is N#Cc1ccc(NCc2ccc([N+](=O)[O-])s2)cc1. The summed E-state index contributed by atoms with van der Waals surface area (Å²) in [6, 6.07) is 12.3. The van der Waals surface area contributed by atoms with E-state index in [1.807, 2.05) is 6.07 Å². The Labute approximate surface area is 107 Å². The number of nitrogens with zero attached hydrogens (tertiary/aromatic N) is 2. The van der Waals surface area contributed by atoms with E-state index < -0.39 is 4.92 Å². The van der Waals surface area contributed by atoms with Gasteiger partial charge in [0.25, 0.3) is 0 Å². The van der Waals surface area contributed by atoms with Crippen molar-refractivity contribution in [2.75, 3.05) is 5.32 Å². The van der Waals surface area contributed by atoms with Gasteiger partial charge in [-0.2, -0.15) is 5.26 Å². The standard InChI is InChI=1S/C12H9N3O2S/c13-7-9-1-3-10(4-2-9)14-8-11-5-6-12(18-11)15(16)17/h1-6,14H,8H2. The third kappa shape index (κ3) is 2.84. The number of hydrogen-bond acceptors (Lipinski definition) is 5. The quantitative estimate of drug-likeness (QED) is 0.675. The number of nitro groups is 1. The molecule has 0 saturated carbocycles. The Morgan fingerprint density at radius 1 is 1.28 bits per heavy atom. The minimum absolute atomic E-state index is 0.145. The summed E-state index contributed by atoms with van der Waals surface area (Å²) in [4.78, 5) is 11.0. The van der Waals surface area contributed by atoms with E-state index in [-0.39, 0.29) is 5.00 Å². The molecule has 0 unspecified atom stereocenters. The second-order valence-electron chi connectivity index (χ2n) is 3.54. The van der Waals surface area contributed by atoms with E-state index >= 15 is 0 Å². The Hall–Kier alpha value is -2.39. The van der Waals surface area contributed by atoms with Gasteiger partial charge in [0.2, 0.25) is 0 Å². The van der Waals surface area contributed by atoms with Crippen LogP contribution in [0.4, 0.5) is 10.7 Å². The van der Waals surface area contributed by atoms with E-state index in [0.717, 1.165) is 21.9 Å². The zero-order valence-electron chi connectivity index (χ0n) is 9.29. The van der Waals surface area contributed by atoms with E-state index in [0.29, 0.717) is 12.1 Å². The summed E-state index contributed by atoms with van der Waals surface area (Å²) in [5.74, 6) is 0. The van der Waals surface area contributed by atoms with Crippen molar-refractivity contribution >= 4 is 22.0 Å². The van der Waals surface area contributed by atoms with Gasteiger partial charge in [-0.15, -0.1) is 0 Å². The van der Waals surface area contributed by atoms with Crippen molar-refractivity contribution in [2.45, 2.75) is 6.54 Å². The van der Waals surface area contributed by atoms with Crippen LogP contribution in [0.25, 0.3) is 0 Å². The summed E-state index contributed by atoms with van der Waals surface area (Å²) in [6.45, 7) is 0.532. The minimum atomic E-state index is -0.393. The van der Waals surface area contributed by atoms with Crippen LogP contribution in [0.1, 0.15) is 10.4 Å². The number of hydrogen-bond donors (Lipinski definition) is 1. The summed E-state index contributed by atoms with van der Waals surface area (Å²) in [5, 5.41) is 22.5. The van der Waals surface area contributed by atoms with Gasteiger partial charge >= 0.3 is 5.00 Å². The van der Waals surface area contributed by atoms with E-state index in [2.05, 4.69) is 5.32 Å². The Morgan fingerprint density at radius 3 is 2.56 bits per heavy atom. The third-order valence-corrected chi connectivity index (χ3v) is 3.35. The van der Waals surface area contributed by atoms with Gasteiger partial charge in [-0.25, -0.2) is 0 Å². The molecule has 18 heavy (non-hydrogen) atoms. The monoisotopic (exact) mass is 259 g/mol. The van der Waals surface area contributed by atoms with Crippen molar-refractivity contribution in [2.24, 2.45) is 0 Å². The highest BCUT2D eigenvalue weighted by Crippen LogP contribution is 2.24. The van der Waals surface area contributed by atoms with Gasteiger partial charge in [0.05, 0.1) is 16.6 Å². The molecule has 0 fully saturated rings. The number of nitrogens with one attached hydrogen (secondary N) is 1. The maximum absolute atomic E-state index is 10.5. The first-order valence-corrected chi connectivity index (χ1v) is 5.98. The van der Waals surface area contributed by atoms with Gasteiger partial charge in [-0.1, -0.05) is 11.3 Å². The van der Waals surface area contributed by atoms with Crippen LogP contribution in [0.3, 0.4) is 0 Å². The molecule has 0 atom stereocenters. The van der Waals surface area contributed by atoms with Crippen LogP contribution in [-0.2, 0) is 6.54 Å². The summed E-state index contributed by atoms with van der Waals surface area (Å²) in [7, 11) is 0. The fourth-order valence-corrected chi connectivity index (χ4v) is 2.17. The highest BCUT2D eigenvalue weighted by Gasteiger charge is 2.09. The molecule has 6 heteroatoms. The van der Waals surface area contributed by atoms with Gasteiger partial charge in [0, 0.05) is 23.2 Å². The molecular formula is C12H9N3O2S. The molecule has 2 aromatic rings. The summed E-state index contributed by atoms with van der Waals surface area (Å²) in [6.07, 6.45) is 0. The van der Waals surface area contributed by atoms with Crippen molar-refractivity contribution in [3.05, 3.63) is 57.0 Å². The summed E-state index contributed by atoms with van der Waals surface area (Å²) >= 11 is 1.15. The molecule has 0 saturated heterocycles. The molecule has 0 bridgehead atoms. The van der Waals surface area contributed by atoms with Gasteiger partial charge < -0.3 is 5.32 Å². The van der Waals surface area contributed by atoms with Gasteiger partial charge in [0.1, 0.15) is 0 Å². The second kappa shape index (κ2) is 5.29. The molecule has 0 aliphatic heterocycles. The maximum atomic E-state index is 10.5. The van der Waals surface area contributed by atoms with Crippen molar-refractivity contribution in [3.63, 3.8) is 0 Å². The predicted octanol–water partition coefficient (Wildman–Crippen LogP) is 3.14. The largest absolute Gasteiger partial charge is 0.380 e. The van der Waals surface area contributed by atoms with Crippen molar-refractivity contribution in [1.82, 2.24) is 0 Å². The number of rotatable bonds is 4. The van der Waals surface area contributed by atoms with Crippen LogP contribution in [0.2, 0.25) is 0 Å². The van der Waals surface area contributed by atoms with Gasteiger partial charge in [-0.05, 0) is 30.3 Å². The van der Waals surface area contributed by atoms with Crippen molar-refractivity contribution in [3.8, 4) is 6.07 Å². The molecule has 0 aliphatic carbocycles. The highest BCUT2D eigenvalue weighted by atomic mass is 32.1. The molecule has 90 valence electrons. The average Bonchev–Trinajstić information content (AvgIpc) is 2.86. The van der Waals surface area contributed by atoms with Crippen molar-refractivity contribution in [1.29, 1.82) is 5.26 Å². The fourth-order valence-electron chi connectivity index (χ4n) is 1.41. The van der Waals surface area contributed by atoms with Crippen LogP contribution >= 0.6 is 11.3 Å². The zero-order valence-corrected chi connectivity index (χ0v) is 10.1. The Balaban J connectivity index is 1.98. The lowest BCUT2D eigenvalue weighted by Crippen LogP contribution is -1.96. The molecule has 1 heterocycles. The zero-order chi connectivity index (χ0) is 13.0. The van der Waals surface area contributed by atoms with E-state index in [1.54, 1.807) is 30.3 Å². The molecule has 0 radical (unpaired) electrons. The fraction of sp³-hybridized carbons (Fsp3) is 0.0833. The molecular weight excluding hydrogens is 250 g/mol. The van der Waals surface area contributed by atoms with Crippen LogP contribution in [0, 0.1) is 21.4 Å². The van der Waals surface area contributed by atoms with E-state index in [9.17, 15) is 10.1 Å². The summed E-state index contributed by atoms with van der Waals surface area (Å²) < 4.78 is 0. The first-order chi connectivity index (χ1) is 8.69. The van der Waals surface area contributed by atoms with Gasteiger partial charge in [-0.3, -0.25) is 10.1 Å². The van der Waals surface area contributed by atoms with E-state index in [4.69, 9.17) is 5.26 Å².